The van der Waals surface area contributed by atoms with Crippen molar-refractivity contribution in [3.63, 3.8) is 0 Å². The molecule has 2 aromatic rings. The molecule has 0 saturated carbocycles. The van der Waals surface area contributed by atoms with Crippen molar-refractivity contribution in [3.05, 3.63) is 57.0 Å². The second-order valence-electron chi connectivity index (χ2n) is 4.64. The first-order chi connectivity index (χ1) is 10.0. The number of benzene rings is 2. The monoisotopic (exact) mass is 410 g/mol. The van der Waals surface area contributed by atoms with Crippen LogP contribution in [0.1, 0.15) is 23.7 Å². The van der Waals surface area contributed by atoms with E-state index in [1.165, 1.54) is 0 Å². The molecule has 0 aliphatic rings. The third-order valence-corrected chi connectivity index (χ3v) is 4.23. The van der Waals surface area contributed by atoms with Gasteiger partial charge in [-0.05, 0) is 52.7 Å². The third kappa shape index (κ3) is 3.66. The zero-order valence-electron chi connectivity index (χ0n) is 11.6. The van der Waals surface area contributed by atoms with Gasteiger partial charge in [-0.3, -0.25) is 4.79 Å². The first-order valence-corrected chi connectivity index (χ1v) is 8.24. The third-order valence-electron chi connectivity index (χ3n) is 3.08. The van der Waals surface area contributed by atoms with E-state index < -0.39 is 0 Å². The van der Waals surface area contributed by atoms with Crippen LogP contribution in [0.25, 0.3) is 0 Å². The molecule has 0 heterocycles. The zero-order chi connectivity index (χ0) is 15.4. The van der Waals surface area contributed by atoms with Crippen molar-refractivity contribution >= 4 is 49.1 Å². The van der Waals surface area contributed by atoms with E-state index in [1.54, 1.807) is 11.0 Å². The van der Waals surface area contributed by atoms with Crippen LogP contribution in [0, 0.1) is 0 Å². The molecule has 21 heavy (non-hydrogen) atoms. The second-order valence-corrected chi connectivity index (χ2v) is 6.41. The number of amides is 1. The van der Waals surface area contributed by atoms with E-state index >= 15 is 0 Å². The number of carbonyl (C=O) groups excluding carboxylic acids is 1. The van der Waals surface area contributed by atoms with E-state index in [0.29, 0.717) is 17.8 Å². The van der Waals surface area contributed by atoms with Crippen LogP contribution in [0.3, 0.4) is 0 Å². The number of para-hydroxylation sites is 2. The average Bonchev–Trinajstić information content (AvgIpc) is 2.45. The van der Waals surface area contributed by atoms with Crippen molar-refractivity contribution in [2.75, 3.05) is 17.2 Å². The summed E-state index contributed by atoms with van der Waals surface area (Å²) in [6.45, 7) is 2.66. The maximum atomic E-state index is 12.8. The molecule has 5 heteroatoms. The molecule has 0 fully saturated rings. The molecule has 0 aliphatic heterocycles. The van der Waals surface area contributed by atoms with Gasteiger partial charge in [-0.25, -0.2) is 0 Å². The summed E-state index contributed by atoms with van der Waals surface area (Å²) in [6, 6.07) is 13.0. The van der Waals surface area contributed by atoms with Gasteiger partial charge in [0.25, 0.3) is 5.91 Å². The summed E-state index contributed by atoms with van der Waals surface area (Å²) in [5, 5.41) is 0. The smallest absolute Gasteiger partial charge is 0.259 e. The number of rotatable bonds is 4. The van der Waals surface area contributed by atoms with E-state index in [-0.39, 0.29) is 5.91 Å². The van der Waals surface area contributed by atoms with Gasteiger partial charge in [-0.1, -0.05) is 35.0 Å². The zero-order valence-corrected chi connectivity index (χ0v) is 14.8. The maximum absolute atomic E-state index is 12.8. The molecular weight excluding hydrogens is 396 g/mol. The van der Waals surface area contributed by atoms with Crippen LogP contribution in [0.5, 0.6) is 0 Å². The number of hydrogen-bond acceptors (Lipinski definition) is 2. The van der Waals surface area contributed by atoms with Gasteiger partial charge in [-0.2, -0.15) is 0 Å². The van der Waals surface area contributed by atoms with Crippen LogP contribution in [0.2, 0.25) is 0 Å². The first-order valence-electron chi connectivity index (χ1n) is 6.66. The molecule has 0 bridgehead atoms. The second kappa shape index (κ2) is 7.09. The molecule has 110 valence electrons. The molecule has 3 nitrogen and oxygen atoms in total. The lowest BCUT2D eigenvalue weighted by molar-refractivity contribution is 0.0986. The van der Waals surface area contributed by atoms with E-state index in [9.17, 15) is 4.79 Å². The van der Waals surface area contributed by atoms with Crippen molar-refractivity contribution < 1.29 is 4.79 Å². The van der Waals surface area contributed by atoms with E-state index in [2.05, 4.69) is 31.9 Å². The summed E-state index contributed by atoms with van der Waals surface area (Å²) < 4.78 is 1.68. The Kier molecular flexibility index (Phi) is 5.42. The van der Waals surface area contributed by atoms with Crippen molar-refractivity contribution in [2.45, 2.75) is 13.3 Å². The number of halogens is 2. The van der Waals surface area contributed by atoms with Crippen molar-refractivity contribution in [1.82, 2.24) is 0 Å². The van der Waals surface area contributed by atoms with Gasteiger partial charge < -0.3 is 10.6 Å². The Bertz CT molecular complexity index is 658. The van der Waals surface area contributed by atoms with Gasteiger partial charge in [-0.15, -0.1) is 0 Å². The standard InChI is InChI=1S/C16H16Br2N2O/c1-2-9-20(15-6-4-3-5-14(15)19)16(21)12-8-7-11(17)10-13(12)18/h3-8,10H,2,9,19H2,1H3. The van der Waals surface area contributed by atoms with Gasteiger partial charge in [0.2, 0.25) is 0 Å². The summed E-state index contributed by atoms with van der Waals surface area (Å²) in [4.78, 5) is 14.6. The highest BCUT2D eigenvalue weighted by Gasteiger charge is 2.20. The lowest BCUT2D eigenvalue weighted by atomic mass is 10.1. The van der Waals surface area contributed by atoms with Crippen LogP contribution in [-0.4, -0.2) is 12.5 Å². The Morgan fingerprint density at radius 1 is 1.19 bits per heavy atom. The molecule has 1 amide bonds. The fourth-order valence-corrected chi connectivity index (χ4v) is 3.31. The number of carbonyl (C=O) groups is 1. The van der Waals surface area contributed by atoms with Crippen LogP contribution in [-0.2, 0) is 0 Å². The molecule has 0 unspecified atom stereocenters. The topological polar surface area (TPSA) is 46.3 Å². The predicted octanol–water partition coefficient (Wildman–Crippen LogP) is 4.85. The summed E-state index contributed by atoms with van der Waals surface area (Å²) in [7, 11) is 0. The minimum absolute atomic E-state index is 0.0610. The minimum atomic E-state index is -0.0610. The number of nitrogen functional groups attached to an aromatic ring is 1. The lowest BCUT2D eigenvalue weighted by Gasteiger charge is -2.24. The number of nitrogens with two attached hydrogens (primary N) is 1. The largest absolute Gasteiger partial charge is 0.397 e. The Morgan fingerprint density at radius 3 is 2.52 bits per heavy atom. The molecule has 0 radical (unpaired) electrons. The van der Waals surface area contributed by atoms with Gasteiger partial charge >= 0.3 is 0 Å². The predicted molar refractivity (Wildman–Crippen MR) is 94.7 cm³/mol. The van der Waals surface area contributed by atoms with E-state index in [4.69, 9.17) is 5.73 Å². The molecule has 2 rings (SSSR count). The molecule has 0 aliphatic carbocycles. The molecule has 0 aromatic heterocycles. The van der Waals surface area contributed by atoms with Crippen molar-refractivity contribution in [2.24, 2.45) is 0 Å². The van der Waals surface area contributed by atoms with Gasteiger partial charge in [0, 0.05) is 15.5 Å². The fraction of sp³-hybridized carbons (Fsp3) is 0.188. The molecule has 2 aromatic carbocycles. The van der Waals surface area contributed by atoms with Crippen molar-refractivity contribution in [3.8, 4) is 0 Å². The van der Waals surface area contributed by atoms with Crippen LogP contribution in [0.4, 0.5) is 11.4 Å². The Balaban J connectivity index is 2.43. The summed E-state index contributed by atoms with van der Waals surface area (Å²) >= 11 is 6.84. The number of nitrogens with zero attached hydrogens (tertiary/aromatic N) is 1. The van der Waals surface area contributed by atoms with E-state index in [1.807, 2.05) is 43.3 Å². The Morgan fingerprint density at radius 2 is 1.90 bits per heavy atom. The molecule has 2 N–H and O–H groups in total. The highest BCUT2D eigenvalue weighted by atomic mass is 79.9. The normalized spacial score (nSPS) is 10.4. The number of hydrogen-bond donors (Lipinski definition) is 1. The first kappa shape index (κ1) is 16.0. The Hall–Kier alpha value is -1.33. The quantitative estimate of drug-likeness (QED) is 0.730. The lowest BCUT2D eigenvalue weighted by Crippen LogP contribution is -2.32. The van der Waals surface area contributed by atoms with Crippen LogP contribution < -0.4 is 10.6 Å². The number of anilines is 2. The van der Waals surface area contributed by atoms with Crippen LogP contribution in [0.15, 0.2) is 51.4 Å². The van der Waals surface area contributed by atoms with E-state index in [0.717, 1.165) is 21.1 Å². The molecule has 0 spiro atoms. The molecule has 0 saturated heterocycles. The highest BCUT2D eigenvalue weighted by molar-refractivity contribution is 9.11. The minimum Gasteiger partial charge on any atom is -0.397 e. The highest BCUT2D eigenvalue weighted by Crippen LogP contribution is 2.28. The van der Waals surface area contributed by atoms with Gasteiger partial charge in [0.05, 0.1) is 16.9 Å². The SMILES string of the molecule is CCCN(C(=O)c1ccc(Br)cc1Br)c1ccccc1N. The fourth-order valence-electron chi connectivity index (χ4n) is 2.10. The summed E-state index contributed by atoms with van der Waals surface area (Å²) in [5.41, 5.74) is 7.99. The van der Waals surface area contributed by atoms with Crippen LogP contribution >= 0.6 is 31.9 Å². The Labute approximate surface area is 141 Å². The van der Waals surface area contributed by atoms with Gasteiger partial charge in [0.1, 0.15) is 0 Å². The molecule has 0 atom stereocenters. The maximum Gasteiger partial charge on any atom is 0.259 e. The van der Waals surface area contributed by atoms with Crippen molar-refractivity contribution in [1.29, 1.82) is 0 Å². The summed E-state index contributed by atoms with van der Waals surface area (Å²) in [5.74, 6) is -0.0610. The average molecular weight is 412 g/mol. The molecular formula is C16H16Br2N2O. The summed E-state index contributed by atoms with van der Waals surface area (Å²) in [6.07, 6.45) is 0.855. The van der Waals surface area contributed by atoms with Gasteiger partial charge in [0.15, 0.2) is 0 Å².